The number of thioether (sulfide) groups is 1. The highest BCUT2D eigenvalue weighted by atomic mass is 32.2. The minimum atomic E-state index is -0.452. The molecule has 1 aliphatic heterocycles. The maximum atomic E-state index is 14.0. The number of halogens is 1. The highest BCUT2D eigenvalue weighted by molar-refractivity contribution is 8.08. The zero-order valence-corrected chi connectivity index (χ0v) is 17.6. The number of nitrogens with zero attached hydrogens (tertiary/aromatic N) is 1. The number of rotatable bonds is 5. The molecular formula is C24H20FNO4S. The van der Waals surface area contributed by atoms with E-state index >= 15 is 0 Å². The molecule has 4 rings (SSSR count). The van der Waals surface area contributed by atoms with Crippen LogP contribution in [0.1, 0.15) is 11.1 Å². The van der Waals surface area contributed by atoms with E-state index in [0.29, 0.717) is 40.7 Å². The SMILES string of the molecule is CN(CCSC1=Cc2cc(O)ccc2Oc2ccc(F)cc21)C(=O)Oc1ccccc1. The second-order valence-electron chi connectivity index (χ2n) is 6.92. The Labute approximate surface area is 183 Å². The maximum absolute atomic E-state index is 14.0. The van der Waals surface area contributed by atoms with Crippen LogP contribution < -0.4 is 9.47 Å². The van der Waals surface area contributed by atoms with Crippen molar-refractivity contribution in [2.24, 2.45) is 0 Å². The van der Waals surface area contributed by atoms with Crippen molar-refractivity contribution >= 4 is 28.8 Å². The van der Waals surface area contributed by atoms with E-state index in [1.807, 2.05) is 12.1 Å². The van der Waals surface area contributed by atoms with Crippen molar-refractivity contribution in [1.29, 1.82) is 0 Å². The predicted octanol–water partition coefficient (Wildman–Crippen LogP) is 6.00. The average molecular weight is 437 g/mol. The first kappa shape index (κ1) is 20.8. The van der Waals surface area contributed by atoms with Crippen LogP contribution in [0, 0.1) is 5.82 Å². The molecule has 3 aromatic carbocycles. The summed E-state index contributed by atoms with van der Waals surface area (Å²) >= 11 is 1.47. The first-order valence-corrected chi connectivity index (χ1v) is 10.6. The minimum absolute atomic E-state index is 0.114. The maximum Gasteiger partial charge on any atom is 0.414 e. The summed E-state index contributed by atoms with van der Waals surface area (Å²) in [5.74, 6) is 1.88. The molecule has 0 aliphatic carbocycles. The molecule has 3 aromatic rings. The number of fused-ring (bicyclic) bond motifs is 2. The molecule has 0 aromatic heterocycles. The van der Waals surface area contributed by atoms with Gasteiger partial charge >= 0.3 is 6.09 Å². The predicted molar refractivity (Wildman–Crippen MR) is 120 cm³/mol. The lowest BCUT2D eigenvalue weighted by Crippen LogP contribution is -2.31. The second-order valence-corrected chi connectivity index (χ2v) is 8.06. The molecule has 1 heterocycles. The highest BCUT2D eigenvalue weighted by Gasteiger charge is 2.19. The van der Waals surface area contributed by atoms with Crippen LogP contribution in [0.2, 0.25) is 0 Å². The monoisotopic (exact) mass is 437 g/mol. The minimum Gasteiger partial charge on any atom is -0.508 e. The molecule has 7 heteroatoms. The Balaban J connectivity index is 1.48. The van der Waals surface area contributed by atoms with Gasteiger partial charge in [0.05, 0.1) is 0 Å². The largest absolute Gasteiger partial charge is 0.508 e. The summed E-state index contributed by atoms with van der Waals surface area (Å²) < 4.78 is 25.2. The van der Waals surface area contributed by atoms with Gasteiger partial charge in [-0.3, -0.25) is 0 Å². The lowest BCUT2D eigenvalue weighted by molar-refractivity contribution is 0.165. The lowest BCUT2D eigenvalue weighted by Gasteiger charge is -2.17. The molecular weight excluding hydrogens is 417 g/mol. The van der Waals surface area contributed by atoms with E-state index in [4.69, 9.17) is 9.47 Å². The van der Waals surface area contributed by atoms with Gasteiger partial charge in [0.1, 0.15) is 28.8 Å². The van der Waals surface area contributed by atoms with Crippen LogP contribution in [0.4, 0.5) is 9.18 Å². The topological polar surface area (TPSA) is 59.0 Å². The van der Waals surface area contributed by atoms with Crippen molar-refractivity contribution < 1.29 is 23.8 Å². The van der Waals surface area contributed by atoms with Gasteiger partial charge in [-0.2, -0.15) is 0 Å². The van der Waals surface area contributed by atoms with Crippen LogP contribution in [0.5, 0.6) is 23.0 Å². The number of hydrogen-bond donors (Lipinski definition) is 1. The number of carbonyl (C=O) groups excluding carboxylic acids is 1. The summed E-state index contributed by atoms with van der Waals surface area (Å²) in [7, 11) is 1.66. The first-order chi connectivity index (χ1) is 15.0. The van der Waals surface area contributed by atoms with Crippen LogP contribution in [-0.4, -0.2) is 35.4 Å². The van der Waals surface area contributed by atoms with Crippen molar-refractivity contribution in [2.75, 3.05) is 19.3 Å². The van der Waals surface area contributed by atoms with Crippen molar-refractivity contribution in [3.8, 4) is 23.0 Å². The number of carbonyl (C=O) groups is 1. The van der Waals surface area contributed by atoms with E-state index in [2.05, 4.69) is 0 Å². The Bertz CT molecular complexity index is 1130. The molecule has 1 aliphatic rings. The molecule has 0 saturated carbocycles. The molecule has 31 heavy (non-hydrogen) atoms. The summed E-state index contributed by atoms with van der Waals surface area (Å²) in [4.78, 5) is 14.5. The molecule has 5 nitrogen and oxygen atoms in total. The van der Waals surface area contributed by atoms with Crippen LogP contribution in [0.25, 0.3) is 11.0 Å². The van der Waals surface area contributed by atoms with Crippen molar-refractivity contribution in [1.82, 2.24) is 4.90 Å². The molecule has 0 unspecified atom stereocenters. The highest BCUT2D eigenvalue weighted by Crippen LogP contribution is 2.43. The summed E-state index contributed by atoms with van der Waals surface area (Å²) in [5.41, 5.74) is 1.31. The fourth-order valence-corrected chi connectivity index (χ4v) is 4.14. The number of hydrogen-bond acceptors (Lipinski definition) is 5. The number of amides is 1. The van der Waals surface area contributed by atoms with Crippen LogP contribution >= 0.6 is 11.8 Å². The molecule has 0 radical (unpaired) electrons. The van der Waals surface area contributed by atoms with Crippen molar-refractivity contribution in [2.45, 2.75) is 0 Å². The number of para-hydroxylation sites is 1. The summed E-state index contributed by atoms with van der Waals surface area (Å²) in [6.45, 7) is 0.423. The number of phenols is 1. The summed E-state index contributed by atoms with van der Waals surface area (Å²) in [6.07, 6.45) is 1.40. The number of phenolic OH excluding ortho intramolecular Hbond substituents is 1. The van der Waals surface area contributed by atoms with Gasteiger partial charge in [-0.05, 0) is 54.6 Å². The van der Waals surface area contributed by atoms with Gasteiger partial charge in [0.2, 0.25) is 0 Å². The fourth-order valence-electron chi connectivity index (χ4n) is 3.03. The normalized spacial score (nSPS) is 12.0. The second kappa shape index (κ2) is 9.14. The molecule has 0 fully saturated rings. The van der Waals surface area contributed by atoms with Gasteiger partial charge in [-0.25, -0.2) is 9.18 Å². The lowest BCUT2D eigenvalue weighted by atomic mass is 10.1. The number of benzene rings is 3. The number of aromatic hydroxyl groups is 1. The third kappa shape index (κ3) is 5.00. The molecule has 1 N–H and O–H groups in total. The Morgan fingerprint density at radius 3 is 2.68 bits per heavy atom. The van der Waals surface area contributed by atoms with Gasteiger partial charge in [-0.1, -0.05) is 18.2 Å². The van der Waals surface area contributed by atoms with E-state index in [1.54, 1.807) is 55.6 Å². The Morgan fingerprint density at radius 2 is 1.87 bits per heavy atom. The van der Waals surface area contributed by atoms with Crippen molar-refractivity contribution in [3.05, 3.63) is 83.7 Å². The molecule has 0 bridgehead atoms. The number of ether oxygens (including phenoxy) is 2. The van der Waals surface area contributed by atoms with Crippen molar-refractivity contribution in [3.63, 3.8) is 0 Å². The molecule has 0 saturated heterocycles. The van der Waals surface area contributed by atoms with E-state index in [-0.39, 0.29) is 11.6 Å². The van der Waals surface area contributed by atoms with E-state index in [0.717, 1.165) is 4.91 Å². The molecule has 0 spiro atoms. The standard InChI is InChI=1S/C24H20FNO4S/c1-26(24(28)29-19-5-3-2-4-6-19)11-12-31-23-14-16-13-18(27)8-10-21(16)30-22-9-7-17(25)15-20(22)23/h2-10,13-15,27H,11-12H2,1H3. The van der Waals surface area contributed by atoms with Gasteiger partial charge in [0, 0.05) is 35.4 Å². The quantitative estimate of drug-likeness (QED) is 0.531. The fraction of sp³-hybridized carbons (Fsp3) is 0.125. The Hall–Kier alpha value is -3.45. The Kier molecular flexibility index (Phi) is 6.13. The summed E-state index contributed by atoms with van der Waals surface area (Å²) in [6, 6.07) is 18.1. The van der Waals surface area contributed by atoms with Gasteiger partial charge in [0.15, 0.2) is 0 Å². The third-order valence-corrected chi connectivity index (χ3v) is 5.69. The Morgan fingerprint density at radius 1 is 1.10 bits per heavy atom. The zero-order valence-electron chi connectivity index (χ0n) is 16.7. The van der Waals surface area contributed by atoms with E-state index in [1.165, 1.54) is 28.8 Å². The van der Waals surface area contributed by atoms with Gasteiger partial charge in [-0.15, -0.1) is 11.8 Å². The van der Waals surface area contributed by atoms with E-state index in [9.17, 15) is 14.3 Å². The molecule has 158 valence electrons. The third-order valence-electron chi connectivity index (χ3n) is 4.65. The average Bonchev–Trinajstić information content (AvgIpc) is 2.90. The molecule has 1 amide bonds. The van der Waals surface area contributed by atoms with Crippen LogP contribution in [-0.2, 0) is 0 Å². The summed E-state index contributed by atoms with van der Waals surface area (Å²) in [5, 5.41) is 9.85. The first-order valence-electron chi connectivity index (χ1n) is 9.63. The van der Waals surface area contributed by atoms with E-state index < -0.39 is 6.09 Å². The zero-order chi connectivity index (χ0) is 21.8. The van der Waals surface area contributed by atoms with Crippen LogP contribution in [0.15, 0.2) is 66.7 Å². The van der Waals surface area contributed by atoms with Gasteiger partial charge < -0.3 is 19.5 Å². The smallest absolute Gasteiger partial charge is 0.414 e. The molecule has 0 atom stereocenters. The van der Waals surface area contributed by atoms with Gasteiger partial charge in [0.25, 0.3) is 0 Å². The van der Waals surface area contributed by atoms with Crippen LogP contribution in [0.3, 0.4) is 0 Å².